The third kappa shape index (κ3) is 4.93. The maximum absolute atomic E-state index is 11.9. The van der Waals surface area contributed by atoms with E-state index in [9.17, 15) is 9.59 Å². The molecule has 1 heterocycles. The summed E-state index contributed by atoms with van der Waals surface area (Å²) in [5.41, 5.74) is 3.10. The number of anilines is 1. The van der Waals surface area contributed by atoms with Gasteiger partial charge in [-0.2, -0.15) is 0 Å². The number of hydrogen-bond acceptors (Lipinski definition) is 5. The van der Waals surface area contributed by atoms with Crippen molar-refractivity contribution in [3.63, 3.8) is 0 Å². The molecule has 1 aromatic carbocycles. The van der Waals surface area contributed by atoms with Gasteiger partial charge in [0.15, 0.2) is 6.61 Å². The zero-order valence-electron chi connectivity index (χ0n) is 11.4. The SMILES string of the molecule is O=C(O)COc1ccccc1NC(=O)NN1CCOCC1. The Balaban J connectivity index is 1.91. The quantitative estimate of drug-likeness (QED) is 0.732. The predicted molar refractivity (Wildman–Crippen MR) is 74.1 cm³/mol. The molecule has 0 spiro atoms. The molecule has 0 bridgehead atoms. The molecule has 1 saturated heterocycles. The first-order chi connectivity index (χ1) is 10.1. The van der Waals surface area contributed by atoms with Crippen LogP contribution in [0.25, 0.3) is 0 Å². The Labute approximate surface area is 121 Å². The minimum Gasteiger partial charge on any atom is -0.480 e. The Morgan fingerprint density at radius 2 is 2.00 bits per heavy atom. The van der Waals surface area contributed by atoms with Crippen molar-refractivity contribution in [1.82, 2.24) is 10.4 Å². The summed E-state index contributed by atoms with van der Waals surface area (Å²) in [5, 5.41) is 13.0. The molecular formula is C13H17N3O5. The fourth-order valence-electron chi connectivity index (χ4n) is 1.80. The van der Waals surface area contributed by atoms with Gasteiger partial charge in [0.05, 0.1) is 18.9 Å². The number of rotatable bonds is 5. The number of amides is 2. The number of aliphatic carboxylic acids is 1. The molecule has 8 nitrogen and oxygen atoms in total. The Morgan fingerprint density at radius 1 is 1.29 bits per heavy atom. The van der Waals surface area contributed by atoms with Crippen LogP contribution in [-0.2, 0) is 9.53 Å². The van der Waals surface area contributed by atoms with Gasteiger partial charge in [0.1, 0.15) is 5.75 Å². The van der Waals surface area contributed by atoms with Gasteiger partial charge in [0.2, 0.25) is 0 Å². The first-order valence-electron chi connectivity index (χ1n) is 6.49. The highest BCUT2D eigenvalue weighted by molar-refractivity contribution is 5.90. The highest BCUT2D eigenvalue weighted by Gasteiger charge is 2.14. The van der Waals surface area contributed by atoms with Crippen LogP contribution in [0.5, 0.6) is 5.75 Å². The van der Waals surface area contributed by atoms with E-state index in [1.165, 1.54) is 0 Å². The summed E-state index contributed by atoms with van der Waals surface area (Å²) in [5.74, 6) is -0.778. The van der Waals surface area contributed by atoms with Crippen molar-refractivity contribution >= 4 is 17.7 Å². The zero-order chi connectivity index (χ0) is 15.1. The second-order valence-corrected chi connectivity index (χ2v) is 4.34. The van der Waals surface area contributed by atoms with Crippen LogP contribution in [0.2, 0.25) is 0 Å². The van der Waals surface area contributed by atoms with Crippen LogP contribution in [0, 0.1) is 0 Å². The number of urea groups is 1. The lowest BCUT2D eigenvalue weighted by Gasteiger charge is -2.27. The summed E-state index contributed by atoms with van der Waals surface area (Å²) < 4.78 is 10.3. The summed E-state index contributed by atoms with van der Waals surface area (Å²) in [6, 6.07) is 6.23. The van der Waals surface area contributed by atoms with Gasteiger partial charge in [-0.3, -0.25) is 5.43 Å². The molecule has 114 valence electrons. The number of carboxylic acids is 1. The average Bonchev–Trinajstić information content (AvgIpc) is 2.47. The van der Waals surface area contributed by atoms with Gasteiger partial charge in [-0.25, -0.2) is 14.6 Å². The molecule has 21 heavy (non-hydrogen) atoms. The lowest BCUT2D eigenvalue weighted by Crippen LogP contribution is -2.49. The number of hydrogen-bond donors (Lipinski definition) is 3. The number of benzene rings is 1. The van der Waals surface area contributed by atoms with Crippen LogP contribution >= 0.6 is 0 Å². The van der Waals surface area contributed by atoms with Crippen molar-refractivity contribution in [3.8, 4) is 5.75 Å². The van der Waals surface area contributed by atoms with E-state index in [0.29, 0.717) is 37.7 Å². The van der Waals surface area contributed by atoms with E-state index >= 15 is 0 Å². The van der Waals surface area contributed by atoms with Crippen LogP contribution in [0.1, 0.15) is 0 Å². The number of carbonyl (C=O) groups excluding carboxylic acids is 1. The van der Waals surface area contributed by atoms with Crippen LogP contribution in [0.3, 0.4) is 0 Å². The van der Waals surface area contributed by atoms with E-state index in [4.69, 9.17) is 14.6 Å². The van der Waals surface area contributed by atoms with Gasteiger partial charge >= 0.3 is 12.0 Å². The van der Waals surface area contributed by atoms with Crippen molar-refractivity contribution in [3.05, 3.63) is 24.3 Å². The van der Waals surface area contributed by atoms with Crippen molar-refractivity contribution in [2.24, 2.45) is 0 Å². The lowest BCUT2D eigenvalue weighted by molar-refractivity contribution is -0.139. The number of nitrogens with zero attached hydrogens (tertiary/aromatic N) is 1. The second kappa shape index (κ2) is 7.46. The first-order valence-corrected chi connectivity index (χ1v) is 6.49. The normalized spacial score (nSPS) is 15.2. The van der Waals surface area contributed by atoms with Crippen molar-refractivity contribution in [1.29, 1.82) is 0 Å². The standard InChI is InChI=1S/C13H17N3O5/c17-12(18)9-21-11-4-2-1-3-10(11)14-13(19)15-16-5-7-20-8-6-16/h1-4H,5-9H2,(H,17,18)(H2,14,15,19). The smallest absolute Gasteiger partial charge is 0.341 e. The average molecular weight is 295 g/mol. The number of carboxylic acid groups (broad SMARTS) is 1. The van der Waals surface area contributed by atoms with Gasteiger partial charge in [-0.15, -0.1) is 0 Å². The van der Waals surface area contributed by atoms with Gasteiger partial charge in [0, 0.05) is 13.1 Å². The van der Waals surface area contributed by atoms with Crippen molar-refractivity contribution in [2.45, 2.75) is 0 Å². The minimum absolute atomic E-state index is 0.303. The number of para-hydroxylation sites is 2. The van der Waals surface area contributed by atoms with Gasteiger partial charge < -0.3 is 19.9 Å². The summed E-state index contributed by atoms with van der Waals surface area (Å²) in [6.07, 6.45) is 0. The molecule has 0 atom stereocenters. The number of morpholine rings is 1. The van der Waals surface area contributed by atoms with E-state index in [0.717, 1.165) is 0 Å². The molecule has 0 unspecified atom stereocenters. The predicted octanol–water partition coefficient (Wildman–Crippen LogP) is 0.519. The van der Waals surface area contributed by atoms with Crippen LogP contribution in [-0.4, -0.2) is 55.0 Å². The van der Waals surface area contributed by atoms with Crippen LogP contribution in [0.4, 0.5) is 10.5 Å². The van der Waals surface area contributed by atoms with Crippen molar-refractivity contribution < 1.29 is 24.2 Å². The molecule has 2 rings (SSSR count). The van der Waals surface area contributed by atoms with E-state index in [-0.39, 0.29) is 0 Å². The molecule has 0 aliphatic carbocycles. The van der Waals surface area contributed by atoms with Gasteiger partial charge in [0.25, 0.3) is 0 Å². The molecule has 0 radical (unpaired) electrons. The maximum atomic E-state index is 11.9. The molecule has 1 aromatic rings. The molecule has 1 aliphatic rings. The summed E-state index contributed by atoms with van der Waals surface area (Å²) in [4.78, 5) is 22.4. The zero-order valence-corrected chi connectivity index (χ0v) is 11.4. The molecule has 2 amide bonds. The van der Waals surface area contributed by atoms with E-state index in [1.807, 2.05) is 0 Å². The summed E-state index contributed by atoms with van der Waals surface area (Å²) >= 11 is 0. The maximum Gasteiger partial charge on any atom is 0.341 e. The Morgan fingerprint density at radius 3 is 2.71 bits per heavy atom. The summed E-state index contributed by atoms with van der Waals surface area (Å²) in [6.45, 7) is 1.90. The minimum atomic E-state index is -1.08. The third-order valence-electron chi connectivity index (χ3n) is 2.76. The molecular weight excluding hydrogens is 278 g/mol. The number of nitrogens with one attached hydrogen (secondary N) is 2. The van der Waals surface area contributed by atoms with Gasteiger partial charge in [-0.05, 0) is 12.1 Å². The molecule has 3 N–H and O–H groups in total. The largest absolute Gasteiger partial charge is 0.480 e. The fourth-order valence-corrected chi connectivity index (χ4v) is 1.80. The monoisotopic (exact) mass is 295 g/mol. The lowest BCUT2D eigenvalue weighted by atomic mass is 10.3. The second-order valence-electron chi connectivity index (χ2n) is 4.34. The van der Waals surface area contributed by atoms with Crippen LogP contribution in [0.15, 0.2) is 24.3 Å². The van der Waals surface area contributed by atoms with Gasteiger partial charge in [-0.1, -0.05) is 12.1 Å². The Bertz CT molecular complexity index is 502. The highest BCUT2D eigenvalue weighted by atomic mass is 16.5. The number of ether oxygens (including phenoxy) is 2. The third-order valence-corrected chi connectivity index (χ3v) is 2.76. The fraction of sp³-hybridized carbons (Fsp3) is 0.385. The number of hydrazine groups is 1. The van der Waals surface area contributed by atoms with E-state index < -0.39 is 18.6 Å². The van der Waals surface area contributed by atoms with E-state index in [2.05, 4.69) is 10.7 Å². The molecule has 8 heteroatoms. The molecule has 1 aliphatic heterocycles. The number of carbonyl (C=O) groups is 2. The van der Waals surface area contributed by atoms with Crippen LogP contribution < -0.4 is 15.5 Å². The Hall–Kier alpha value is -2.32. The first kappa shape index (κ1) is 15.1. The topological polar surface area (TPSA) is 100 Å². The van der Waals surface area contributed by atoms with E-state index in [1.54, 1.807) is 29.3 Å². The summed E-state index contributed by atoms with van der Waals surface area (Å²) in [7, 11) is 0. The van der Waals surface area contributed by atoms with Crippen molar-refractivity contribution in [2.75, 3.05) is 38.2 Å². The molecule has 0 saturated carbocycles. The highest BCUT2D eigenvalue weighted by Crippen LogP contribution is 2.23. The molecule has 1 fully saturated rings. The Kier molecular flexibility index (Phi) is 5.35. The molecule has 0 aromatic heterocycles.